The molecule has 1 unspecified atom stereocenters. The second-order valence-corrected chi connectivity index (χ2v) is 6.50. The van der Waals surface area contributed by atoms with Gasteiger partial charge in [-0.05, 0) is 25.3 Å². The van der Waals surface area contributed by atoms with Gasteiger partial charge >= 0.3 is 0 Å². The van der Waals surface area contributed by atoms with Crippen molar-refractivity contribution in [2.75, 3.05) is 11.9 Å². The standard InChI is InChI=1S/C13H18N2OS2/c1-9(7-11-5-4-6-17-11)15(3)13-14-10(2)12(8-16)18-13/h4-6,9,16H,7-8H2,1-3H3. The van der Waals surface area contributed by atoms with Gasteiger partial charge in [0.15, 0.2) is 5.13 Å². The number of hydrogen-bond donors (Lipinski definition) is 1. The average Bonchev–Trinajstić information content (AvgIpc) is 2.97. The van der Waals surface area contributed by atoms with Crippen LogP contribution in [0.1, 0.15) is 22.4 Å². The van der Waals surface area contributed by atoms with Gasteiger partial charge in [0, 0.05) is 24.4 Å². The molecule has 18 heavy (non-hydrogen) atoms. The van der Waals surface area contributed by atoms with Crippen molar-refractivity contribution in [3.05, 3.63) is 33.0 Å². The molecule has 0 fully saturated rings. The fourth-order valence-corrected chi connectivity index (χ4v) is 3.57. The Kier molecular flexibility index (Phi) is 4.37. The number of nitrogens with zero attached hydrogens (tertiary/aromatic N) is 2. The largest absolute Gasteiger partial charge is 0.391 e. The summed E-state index contributed by atoms with van der Waals surface area (Å²) in [6.45, 7) is 4.23. The summed E-state index contributed by atoms with van der Waals surface area (Å²) in [5.41, 5.74) is 0.938. The predicted molar refractivity (Wildman–Crippen MR) is 78.7 cm³/mol. The van der Waals surface area contributed by atoms with E-state index < -0.39 is 0 Å². The molecular formula is C13H18N2OS2. The van der Waals surface area contributed by atoms with Crippen LogP contribution in [-0.4, -0.2) is 23.2 Å². The molecule has 0 bridgehead atoms. The van der Waals surface area contributed by atoms with E-state index in [9.17, 15) is 5.11 Å². The van der Waals surface area contributed by atoms with Crippen molar-refractivity contribution in [1.29, 1.82) is 0 Å². The zero-order valence-corrected chi connectivity index (χ0v) is 12.5. The lowest BCUT2D eigenvalue weighted by molar-refractivity contribution is 0.284. The first-order chi connectivity index (χ1) is 8.61. The van der Waals surface area contributed by atoms with Crippen molar-refractivity contribution in [3.63, 3.8) is 0 Å². The first kappa shape index (κ1) is 13.5. The average molecular weight is 282 g/mol. The molecule has 0 amide bonds. The Balaban J connectivity index is 2.07. The highest BCUT2D eigenvalue weighted by Crippen LogP contribution is 2.27. The van der Waals surface area contributed by atoms with Crippen LogP contribution >= 0.6 is 22.7 Å². The van der Waals surface area contributed by atoms with Gasteiger partial charge in [0.25, 0.3) is 0 Å². The van der Waals surface area contributed by atoms with Gasteiger partial charge in [0.2, 0.25) is 0 Å². The highest BCUT2D eigenvalue weighted by molar-refractivity contribution is 7.15. The molecule has 98 valence electrons. The third-order valence-corrected chi connectivity index (χ3v) is 5.20. The highest BCUT2D eigenvalue weighted by atomic mass is 32.1. The summed E-state index contributed by atoms with van der Waals surface area (Å²) in [4.78, 5) is 9.06. The fourth-order valence-electron chi connectivity index (χ4n) is 1.76. The summed E-state index contributed by atoms with van der Waals surface area (Å²) in [5.74, 6) is 0. The minimum Gasteiger partial charge on any atom is -0.391 e. The van der Waals surface area contributed by atoms with Crippen LogP contribution in [0.3, 0.4) is 0 Å². The van der Waals surface area contributed by atoms with E-state index in [4.69, 9.17) is 0 Å². The van der Waals surface area contributed by atoms with Crippen LogP contribution in [-0.2, 0) is 13.0 Å². The maximum atomic E-state index is 9.21. The van der Waals surface area contributed by atoms with E-state index >= 15 is 0 Å². The summed E-state index contributed by atoms with van der Waals surface area (Å²) < 4.78 is 0. The van der Waals surface area contributed by atoms with Gasteiger partial charge in [-0.3, -0.25) is 0 Å². The van der Waals surface area contributed by atoms with Gasteiger partial charge in [0.05, 0.1) is 17.2 Å². The topological polar surface area (TPSA) is 36.4 Å². The first-order valence-electron chi connectivity index (χ1n) is 5.94. The number of hydrogen-bond acceptors (Lipinski definition) is 5. The van der Waals surface area contributed by atoms with Crippen molar-refractivity contribution in [3.8, 4) is 0 Å². The Labute approximate surface area is 116 Å². The number of aromatic nitrogens is 1. The molecule has 0 radical (unpaired) electrons. The van der Waals surface area contributed by atoms with E-state index in [1.807, 2.05) is 6.92 Å². The number of thiophene rings is 1. The molecule has 2 aromatic heterocycles. The lowest BCUT2D eigenvalue weighted by Crippen LogP contribution is -2.30. The Bertz CT molecular complexity index is 493. The molecule has 3 nitrogen and oxygen atoms in total. The Morgan fingerprint density at radius 1 is 1.50 bits per heavy atom. The van der Waals surface area contributed by atoms with E-state index in [-0.39, 0.29) is 6.61 Å². The third kappa shape index (κ3) is 2.91. The first-order valence-corrected chi connectivity index (χ1v) is 7.63. The van der Waals surface area contributed by atoms with E-state index in [1.165, 1.54) is 4.88 Å². The van der Waals surface area contributed by atoms with E-state index in [0.717, 1.165) is 22.1 Å². The molecule has 5 heteroatoms. The van der Waals surface area contributed by atoms with Crippen LogP contribution in [0.15, 0.2) is 17.5 Å². The number of thiazole rings is 1. The van der Waals surface area contributed by atoms with Gasteiger partial charge in [-0.2, -0.15) is 0 Å². The number of aliphatic hydroxyl groups excluding tert-OH is 1. The molecule has 0 aliphatic rings. The van der Waals surface area contributed by atoms with Crippen molar-refractivity contribution < 1.29 is 5.11 Å². The molecule has 1 atom stereocenters. The molecular weight excluding hydrogens is 264 g/mol. The van der Waals surface area contributed by atoms with Gasteiger partial charge in [-0.1, -0.05) is 17.4 Å². The molecule has 0 spiro atoms. The molecule has 2 heterocycles. The van der Waals surface area contributed by atoms with Crippen LogP contribution < -0.4 is 4.90 Å². The maximum Gasteiger partial charge on any atom is 0.185 e. The molecule has 0 aromatic carbocycles. The molecule has 0 aliphatic heterocycles. The zero-order valence-electron chi connectivity index (χ0n) is 10.9. The lowest BCUT2D eigenvalue weighted by atomic mass is 10.2. The zero-order chi connectivity index (χ0) is 13.1. The second kappa shape index (κ2) is 5.82. The van der Waals surface area contributed by atoms with Crippen molar-refractivity contribution in [1.82, 2.24) is 4.98 Å². The molecule has 1 N–H and O–H groups in total. The molecule has 2 rings (SSSR count). The van der Waals surface area contributed by atoms with Gasteiger partial charge < -0.3 is 10.0 Å². The van der Waals surface area contributed by atoms with Crippen molar-refractivity contribution >= 4 is 27.8 Å². The smallest absolute Gasteiger partial charge is 0.185 e. The Morgan fingerprint density at radius 3 is 2.83 bits per heavy atom. The third-order valence-electron chi connectivity index (χ3n) is 3.06. The van der Waals surface area contributed by atoms with Gasteiger partial charge in [0.1, 0.15) is 0 Å². The van der Waals surface area contributed by atoms with Crippen LogP contribution in [0.4, 0.5) is 5.13 Å². The number of rotatable bonds is 5. The van der Waals surface area contributed by atoms with Crippen LogP contribution in [0, 0.1) is 6.92 Å². The quantitative estimate of drug-likeness (QED) is 0.915. The van der Waals surface area contributed by atoms with Crippen LogP contribution in [0.2, 0.25) is 0 Å². The highest BCUT2D eigenvalue weighted by Gasteiger charge is 2.16. The number of likely N-dealkylation sites (N-methyl/N-ethyl adjacent to an activating group) is 1. The monoisotopic (exact) mass is 282 g/mol. The minimum absolute atomic E-state index is 0.0800. The van der Waals surface area contributed by atoms with Crippen molar-refractivity contribution in [2.24, 2.45) is 0 Å². The van der Waals surface area contributed by atoms with Crippen LogP contribution in [0.25, 0.3) is 0 Å². The van der Waals surface area contributed by atoms with Crippen LogP contribution in [0.5, 0.6) is 0 Å². The predicted octanol–water partition coefficient (Wildman–Crippen LogP) is 3.07. The number of aryl methyl sites for hydroxylation is 1. The molecule has 0 aliphatic carbocycles. The fraction of sp³-hybridized carbons (Fsp3) is 0.462. The Morgan fingerprint density at radius 2 is 2.28 bits per heavy atom. The van der Waals surface area contributed by atoms with E-state index in [0.29, 0.717) is 6.04 Å². The summed E-state index contributed by atoms with van der Waals surface area (Å²) in [5, 5.41) is 12.3. The number of anilines is 1. The maximum absolute atomic E-state index is 9.21. The van der Waals surface area contributed by atoms with Gasteiger partial charge in [-0.25, -0.2) is 4.98 Å². The summed E-state index contributed by atoms with van der Waals surface area (Å²) in [6, 6.07) is 4.66. The normalized spacial score (nSPS) is 12.7. The lowest BCUT2D eigenvalue weighted by Gasteiger charge is -2.23. The second-order valence-electron chi connectivity index (χ2n) is 4.41. The molecule has 0 saturated carbocycles. The molecule has 0 saturated heterocycles. The van der Waals surface area contributed by atoms with E-state index in [2.05, 4.69) is 41.4 Å². The SMILES string of the molecule is Cc1nc(N(C)C(C)Cc2cccs2)sc1CO. The molecule has 2 aromatic rings. The summed E-state index contributed by atoms with van der Waals surface area (Å²) in [7, 11) is 2.07. The van der Waals surface area contributed by atoms with Crippen molar-refractivity contribution in [2.45, 2.75) is 32.9 Å². The summed E-state index contributed by atoms with van der Waals surface area (Å²) >= 11 is 3.37. The Hall–Kier alpha value is -0.910. The minimum atomic E-state index is 0.0800. The van der Waals surface area contributed by atoms with Gasteiger partial charge in [-0.15, -0.1) is 11.3 Å². The van der Waals surface area contributed by atoms with E-state index in [1.54, 1.807) is 22.7 Å². The summed E-state index contributed by atoms with van der Waals surface area (Å²) in [6.07, 6.45) is 1.03. The number of aliphatic hydroxyl groups is 1.